The summed E-state index contributed by atoms with van der Waals surface area (Å²) in [7, 11) is 4.11. The van der Waals surface area contributed by atoms with Gasteiger partial charge in [-0.15, -0.1) is 0 Å². The quantitative estimate of drug-likeness (QED) is 0.215. The monoisotopic (exact) mass is 588 g/mol. The lowest BCUT2D eigenvalue weighted by molar-refractivity contribution is 0.648. The van der Waals surface area contributed by atoms with Crippen molar-refractivity contribution in [2.24, 2.45) is 9.98 Å². The molecule has 0 aromatic heterocycles. The molecular weight excluding hydrogens is 552 g/mol. The van der Waals surface area contributed by atoms with Gasteiger partial charge in [0.15, 0.2) is 0 Å². The van der Waals surface area contributed by atoms with Crippen molar-refractivity contribution >= 4 is 45.8 Å². The van der Waals surface area contributed by atoms with Crippen LogP contribution in [0, 0.1) is 0 Å². The van der Waals surface area contributed by atoms with E-state index in [1.54, 1.807) is 0 Å². The van der Waals surface area contributed by atoms with Gasteiger partial charge in [-0.25, -0.2) is 9.98 Å². The van der Waals surface area contributed by atoms with Crippen LogP contribution in [0.4, 0.5) is 28.4 Å². The third-order valence-electron chi connectivity index (χ3n) is 8.15. The van der Waals surface area contributed by atoms with E-state index in [0.29, 0.717) is 11.9 Å². The van der Waals surface area contributed by atoms with E-state index >= 15 is 0 Å². The van der Waals surface area contributed by atoms with Crippen LogP contribution in [0.2, 0.25) is 0 Å². The molecule has 0 fully saturated rings. The van der Waals surface area contributed by atoms with Crippen molar-refractivity contribution < 1.29 is 0 Å². The lowest BCUT2D eigenvalue weighted by atomic mass is 9.97. The predicted octanol–water partition coefficient (Wildman–Crippen LogP) is 9.22. The molecule has 0 saturated carbocycles. The molecule has 0 bridgehead atoms. The number of nitrogens with zero attached hydrogens (tertiary/aromatic N) is 4. The Balaban J connectivity index is 1.33. The molecule has 3 heterocycles. The Morgan fingerprint density at radius 2 is 1.36 bits per heavy atom. The summed E-state index contributed by atoms with van der Waals surface area (Å²) >= 11 is 0. The van der Waals surface area contributed by atoms with Crippen LogP contribution in [-0.4, -0.2) is 30.7 Å². The van der Waals surface area contributed by atoms with E-state index < -0.39 is 0 Å². The Hall–Kier alpha value is -5.62. The molecule has 0 atom stereocenters. The van der Waals surface area contributed by atoms with Gasteiger partial charge in [0.25, 0.3) is 0 Å². The van der Waals surface area contributed by atoms with E-state index in [0.717, 1.165) is 62.4 Å². The van der Waals surface area contributed by atoms with Crippen molar-refractivity contribution in [3.63, 3.8) is 0 Å². The van der Waals surface area contributed by atoms with Gasteiger partial charge in [0.1, 0.15) is 0 Å². The third kappa shape index (κ3) is 5.70. The number of aliphatic imine (C=N–C) groups is 2. The van der Waals surface area contributed by atoms with E-state index in [1.807, 2.05) is 36.4 Å². The summed E-state index contributed by atoms with van der Waals surface area (Å²) in [5.74, 6) is 1.05. The SMILES string of the molecule is CC(C)c1ccc(C2=CC3=CC=CC4=CC(c5ccc(N(C)C)cc5Nc5ccccc5)=NC(=N2)N34)c(Nc2ccccc2)c1. The standard InChI is InChI=1S/C39H36N6/c1-26(2)27-18-20-33(35(22-27)40-28-12-7-5-8-13-28)37-24-31-16-11-17-32-25-38(43-39(42-37)45(31)32)34-21-19-30(44(3)4)23-36(34)41-29-14-9-6-10-15-29/h5-26,40-41H,1-4H3. The second-order valence-electron chi connectivity index (χ2n) is 11.9. The molecule has 7 rings (SSSR count). The number of hydrogen-bond acceptors (Lipinski definition) is 6. The van der Waals surface area contributed by atoms with Crippen LogP contribution in [0.25, 0.3) is 5.70 Å². The number of allylic oxidation sites excluding steroid dienone is 5. The van der Waals surface area contributed by atoms with Gasteiger partial charge < -0.3 is 15.5 Å². The second-order valence-corrected chi connectivity index (χ2v) is 11.9. The maximum atomic E-state index is 5.20. The number of anilines is 5. The number of rotatable bonds is 8. The maximum Gasteiger partial charge on any atom is 0.235 e. The highest BCUT2D eigenvalue weighted by Gasteiger charge is 2.30. The highest BCUT2D eigenvalue weighted by Crippen LogP contribution is 2.38. The first kappa shape index (κ1) is 28.2. The molecule has 2 N–H and O–H groups in total. The van der Waals surface area contributed by atoms with E-state index in [4.69, 9.17) is 9.98 Å². The Morgan fingerprint density at radius 3 is 2.02 bits per heavy atom. The van der Waals surface area contributed by atoms with Crippen LogP contribution in [0.5, 0.6) is 0 Å². The summed E-state index contributed by atoms with van der Waals surface area (Å²) in [4.78, 5) is 14.6. The first-order valence-corrected chi connectivity index (χ1v) is 15.3. The summed E-state index contributed by atoms with van der Waals surface area (Å²) < 4.78 is 0. The van der Waals surface area contributed by atoms with Crippen LogP contribution in [-0.2, 0) is 0 Å². The number of benzene rings is 4. The Bertz CT molecular complexity index is 1850. The van der Waals surface area contributed by atoms with Crippen molar-refractivity contribution in [1.82, 2.24) is 4.90 Å². The molecule has 4 aromatic carbocycles. The van der Waals surface area contributed by atoms with Crippen LogP contribution >= 0.6 is 0 Å². The zero-order chi connectivity index (χ0) is 30.9. The average Bonchev–Trinajstić information content (AvgIpc) is 3.05. The van der Waals surface area contributed by atoms with Gasteiger partial charge in [-0.1, -0.05) is 68.5 Å². The van der Waals surface area contributed by atoms with Crippen molar-refractivity contribution in [2.75, 3.05) is 29.6 Å². The Morgan fingerprint density at radius 1 is 0.689 bits per heavy atom. The zero-order valence-electron chi connectivity index (χ0n) is 26.0. The average molecular weight is 589 g/mol. The predicted molar refractivity (Wildman–Crippen MR) is 190 cm³/mol. The fourth-order valence-corrected chi connectivity index (χ4v) is 5.70. The molecule has 6 nitrogen and oxygen atoms in total. The summed E-state index contributed by atoms with van der Waals surface area (Å²) in [6.45, 7) is 4.44. The normalized spacial score (nSPS) is 15.0. The first-order valence-electron chi connectivity index (χ1n) is 15.3. The van der Waals surface area contributed by atoms with Gasteiger partial charge in [-0.05, 0) is 84.3 Å². The molecule has 6 heteroatoms. The summed E-state index contributed by atoms with van der Waals surface area (Å²) in [5.41, 5.74) is 12.3. The summed E-state index contributed by atoms with van der Waals surface area (Å²) in [6, 6.07) is 33.6. The highest BCUT2D eigenvalue weighted by atomic mass is 15.3. The van der Waals surface area contributed by atoms with Gasteiger partial charge in [-0.2, -0.15) is 0 Å². The smallest absolute Gasteiger partial charge is 0.235 e. The van der Waals surface area contributed by atoms with E-state index in [9.17, 15) is 0 Å². The number of para-hydroxylation sites is 2. The maximum absolute atomic E-state index is 5.20. The van der Waals surface area contributed by atoms with Crippen molar-refractivity contribution in [3.05, 3.63) is 156 Å². The minimum Gasteiger partial charge on any atom is -0.378 e. The Kier molecular flexibility index (Phi) is 7.39. The van der Waals surface area contributed by atoms with Gasteiger partial charge in [0.05, 0.1) is 28.5 Å². The molecule has 0 aliphatic carbocycles. The molecule has 4 aromatic rings. The number of nitrogens with one attached hydrogen (secondary N) is 2. The summed E-state index contributed by atoms with van der Waals surface area (Å²) in [5, 5.41) is 7.29. The van der Waals surface area contributed by atoms with Gasteiger partial charge in [0, 0.05) is 48.0 Å². The fraction of sp³-hybridized carbons (Fsp3) is 0.128. The Labute approximate surface area is 265 Å². The summed E-state index contributed by atoms with van der Waals surface area (Å²) in [6.07, 6.45) is 10.6. The largest absolute Gasteiger partial charge is 0.378 e. The van der Waals surface area contributed by atoms with Crippen LogP contribution in [0.15, 0.2) is 149 Å². The van der Waals surface area contributed by atoms with E-state index in [2.05, 4.69) is 139 Å². The molecule has 0 unspecified atom stereocenters. The molecule has 3 aliphatic heterocycles. The molecule has 0 radical (unpaired) electrons. The number of hydrogen-bond donors (Lipinski definition) is 2. The van der Waals surface area contributed by atoms with Crippen molar-refractivity contribution in [1.29, 1.82) is 0 Å². The lowest BCUT2D eigenvalue weighted by Crippen LogP contribution is -2.34. The molecular formula is C39H36N6. The topological polar surface area (TPSA) is 55.3 Å². The van der Waals surface area contributed by atoms with E-state index in [1.165, 1.54) is 5.56 Å². The molecule has 0 spiro atoms. The first-order chi connectivity index (χ1) is 21.9. The molecule has 0 amide bonds. The minimum absolute atomic E-state index is 0.402. The number of guanidine groups is 1. The molecule has 3 aliphatic rings. The van der Waals surface area contributed by atoms with Crippen molar-refractivity contribution in [3.8, 4) is 0 Å². The van der Waals surface area contributed by atoms with Gasteiger partial charge in [-0.3, -0.25) is 4.90 Å². The van der Waals surface area contributed by atoms with Crippen LogP contribution in [0.1, 0.15) is 36.5 Å². The molecule has 222 valence electrons. The van der Waals surface area contributed by atoms with Crippen molar-refractivity contribution in [2.45, 2.75) is 19.8 Å². The fourth-order valence-electron chi connectivity index (χ4n) is 5.70. The lowest BCUT2D eigenvalue weighted by Gasteiger charge is -2.34. The van der Waals surface area contributed by atoms with Crippen LogP contribution < -0.4 is 15.5 Å². The zero-order valence-corrected chi connectivity index (χ0v) is 26.0. The molecule has 0 saturated heterocycles. The van der Waals surface area contributed by atoms with Gasteiger partial charge >= 0.3 is 0 Å². The van der Waals surface area contributed by atoms with Crippen LogP contribution in [0.3, 0.4) is 0 Å². The van der Waals surface area contributed by atoms with E-state index in [-0.39, 0.29) is 0 Å². The highest BCUT2D eigenvalue weighted by molar-refractivity contribution is 6.20. The third-order valence-corrected chi connectivity index (χ3v) is 8.15. The second kappa shape index (κ2) is 11.8. The molecule has 45 heavy (non-hydrogen) atoms. The minimum atomic E-state index is 0.402. The van der Waals surface area contributed by atoms with Gasteiger partial charge in [0.2, 0.25) is 5.96 Å².